The number of rotatable bonds is 2. The highest BCUT2D eigenvalue weighted by Gasteiger charge is 2.29. The second-order valence-electron chi connectivity index (χ2n) is 4.04. The molecule has 0 N–H and O–H groups in total. The van der Waals surface area contributed by atoms with Crippen LogP contribution in [0.4, 0.5) is 13.2 Å². The first-order valence-electron chi connectivity index (χ1n) is 5.59. The second-order valence-corrected chi connectivity index (χ2v) is 4.56. The number of benzene rings is 2. The molecule has 2 rings (SSSR count). The van der Waals surface area contributed by atoms with Crippen molar-refractivity contribution < 1.29 is 13.2 Å². The van der Waals surface area contributed by atoms with Crippen LogP contribution in [-0.2, 0) is 6.18 Å². The molecule has 0 heterocycles. The zero-order chi connectivity index (χ0) is 13.9. The van der Waals surface area contributed by atoms with Crippen LogP contribution < -0.4 is 0 Å². The van der Waals surface area contributed by atoms with E-state index in [9.17, 15) is 13.2 Å². The summed E-state index contributed by atoms with van der Waals surface area (Å²) in [6.07, 6.45) is -0.672. The summed E-state index contributed by atoms with van der Waals surface area (Å²) >= 11 is 4.18. The molecule has 98 valence electrons. The summed E-state index contributed by atoms with van der Waals surface area (Å²) < 4.78 is 37.1. The highest BCUT2D eigenvalue weighted by atomic mass is 32.1. The van der Waals surface area contributed by atoms with Crippen molar-refractivity contribution in [2.24, 2.45) is 0 Å². The van der Waals surface area contributed by atoms with Crippen LogP contribution in [0.15, 0.2) is 53.4 Å². The molecule has 0 unspecified atom stereocenters. The summed E-state index contributed by atoms with van der Waals surface area (Å²) in [5.41, 5.74) is 1.06. The lowest BCUT2D eigenvalue weighted by molar-refractivity contribution is -0.137. The molecule has 0 atom stereocenters. The van der Waals surface area contributed by atoms with E-state index < -0.39 is 11.7 Å². The Kier molecular flexibility index (Phi) is 4.00. The Labute approximate surface area is 115 Å². The molecule has 0 aliphatic heterocycles. The summed E-state index contributed by atoms with van der Waals surface area (Å²) in [5, 5.41) is 0. The van der Waals surface area contributed by atoms with E-state index in [-0.39, 0.29) is 0 Å². The van der Waals surface area contributed by atoms with E-state index in [0.717, 1.165) is 28.2 Å². The van der Waals surface area contributed by atoms with Gasteiger partial charge in [-0.25, -0.2) is 0 Å². The molecule has 0 saturated heterocycles. The maximum absolute atomic E-state index is 12.4. The molecule has 4 heteroatoms. The molecule has 2 aromatic carbocycles. The van der Waals surface area contributed by atoms with E-state index >= 15 is 0 Å². The lowest BCUT2D eigenvalue weighted by Gasteiger charge is -2.05. The van der Waals surface area contributed by atoms with Crippen molar-refractivity contribution in [1.82, 2.24) is 0 Å². The molecule has 0 aromatic heterocycles. The summed E-state index contributed by atoms with van der Waals surface area (Å²) in [6, 6.07) is 12.6. The average Bonchev–Trinajstić information content (AvgIpc) is 2.37. The number of thiol groups is 1. The van der Waals surface area contributed by atoms with E-state index in [4.69, 9.17) is 0 Å². The van der Waals surface area contributed by atoms with E-state index in [1.165, 1.54) is 12.1 Å². The van der Waals surface area contributed by atoms with E-state index in [0.29, 0.717) is 0 Å². The van der Waals surface area contributed by atoms with Gasteiger partial charge in [-0.3, -0.25) is 0 Å². The van der Waals surface area contributed by atoms with Crippen molar-refractivity contribution in [3.8, 4) is 0 Å². The molecule has 0 fully saturated rings. The Hall–Kier alpha value is -1.68. The molecular formula is C15H11F3S. The predicted molar refractivity (Wildman–Crippen MR) is 74.1 cm³/mol. The summed E-state index contributed by atoms with van der Waals surface area (Å²) in [7, 11) is 0. The predicted octanol–water partition coefficient (Wildman–Crippen LogP) is 5.16. The third-order valence-electron chi connectivity index (χ3n) is 2.60. The van der Waals surface area contributed by atoms with Crippen LogP contribution in [-0.4, -0.2) is 0 Å². The Bertz CT molecular complexity index is 566. The fourth-order valence-corrected chi connectivity index (χ4v) is 1.71. The minimum Gasteiger partial charge on any atom is -0.166 e. The Morgan fingerprint density at radius 2 is 1.16 bits per heavy atom. The van der Waals surface area contributed by atoms with Crippen LogP contribution in [0.25, 0.3) is 12.2 Å². The van der Waals surface area contributed by atoms with Crippen molar-refractivity contribution in [3.63, 3.8) is 0 Å². The Balaban J connectivity index is 2.13. The van der Waals surface area contributed by atoms with Gasteiger partial charge in [-0.1, -0.05) is 36.4 Å². The van der Waals surface area contributed by atoms with Gasteiger partial charge in [-0.15, -0.1) is 12.6 Å². The monoisotopic (exact) mass is 280 g/mol. The summed E-state index contributed by atoms with van der Waals surface area (Å²) in [4.78, 5) is 0.867. The van der Waals surface area contributed by atoms with Crippen LogP contribution in [0.3, 0.4) is 0 Å². The molecule has 0 bridgehead atoms. The number of hydrogen-bond acceptors (Lipinski definition) is 1. The molecule has 19 heavy (non-hydrogen) atoms. The van der Waals surface area contributed by atoms with Gasteiger partial charge in [0.25, 0.3) is 0 Å². The lowest BCUT2D eigenvalue weighted by Crippen LogP contribution is -2.03. The van der Waals surface area contributed by atoms with Gasteiger partial charge in [0.15, 0.2) is 0 Å². The minimum atomic E-state index is -4.29. The Morgan fingerprint density at radius 3 is 1.58 bits per heavy atom. The molecule has 0 aliphatic carbocycles. The van der Waals surface area contributed by atoms with Crippen molar-refractivity contribution in [2.75, 3.05) is 0 Å². The average molecular weight is 280 g/mol. The molecule has 0 nitrogen and oxygen atoms in total. The van der Waals surface area contributed by atoms with E-state index in [1.54, 1.807) is 6.08 Å². The van der Waals surface area contributed by atoms with Crippen molar-refractivity contribution in [1.29, 1.82) is 0 Å². The highest BCUT2D eigenvalue weighted by molar-refractivity contribution is 7.80. The molecule has 2 aromatic rings. The first kappa shape index (κ1) is 13.7. The summed E-state index contributed by atoms with van der Waals surface area (Å²) in [5.74, 6) is 0. The van der Waals surface area contributed by atoms with Gasteiger partial charge in [0.05, 0.1) is 5.56 Å². The zero-order valence-corrected chi connectivity index (χ0v) is 10.7. The zero-order valence-electron chi connectivity index (χ0n) is 9.85. The standard InChI is InChI=1S/C15H11F3S/c16-15(17,18)13-7-3-11(4-8-13)1-2-12-5-9-14(19)10-6-12/h1-10,19H/b2-1+. The maximum atomic E-state index is 12.4. The van der Waals surface area contributed by atoms with Gasteiger partial charge in [0.2, 0.25) is 0 Å². The molecule has 0 spiro atoms. The van der Waals surface area contributed by atoms with Crippen LogP contribution >= 0.6 is 12.6 Å². The molecular weight excluding hydrogens is 269 g/mol. The summed E-state index contributed by atoms with van der Waals surface area (Å²) in [6.45, 7) is 0. The van der Waals surface area contributed by atoms with Crippen molar-refractivity contribution >= 4 is 24.8 Å². The fourth-order valence-electron chi connectivity index (χ4n) is 1.56. The third-order valence-corrected chi connectivity index (χ3v) is 2.90. The van der Waals surface area contributed by atoms with Gasteiger partial charge < -0.3 is 0 Å². The maximum Gasteiger partial charge on any atom is 0.416 e. The normalized spacial score (nSPS) is 12.0. The van der Waals surface area contributed by atoms with Gasteiger partial charge in [0, 0.05) is 4.90 Å². The van der Waals surface area contributed by atoms with Crippen LogP contribution in [0.5, 0.6) is 0 Å². The minimum absolute atomic E-state index is 0.635. The van der Waals surface area contributed by atoms with E-state index in [1.807, 2.05) is 30.3 Å². The largest absolute Gasteiger partial charge is 0.416 e. The number of hydrogen-bond donors (Lipinski definition) is 1. The van der Waals surface area contributed by atoms with Crippen LogP contribution in [0, 0.1) is 0 Å². The fraction of sp³-hybridized carbons (Fsp3) is 0.0667. The van der Waals surface area contributed by atoms with Gasteiger partial charge in [-0.05, 0) is 35.4 Å². The highest BCUT2D eigenvalue weighted by Crippen LogP contribution is 2.29. The molecule has 0 amide bonds. The van der Waals surface area contributed by atoms with Gasteiger partial charge in [-0.2, -0.15) is 13.2 Å². The number of halogens is 3. The van der Waals surface area contributed by atoms with E-state index in [2.05, 4.69) is 12.6 Å². The quantitative estimate of drug-likeness (QED) is 0.570. The second kappa shape index (κ2) is 5.53. The third kappa shape index (κ3) is 3.89. The van der Waals surface area contributed by atoms with Crippen LogP contribution in [0.2, 0.25) is 0 Å². The lowest BCUT2D eigenvalue weighted by atomic mass is 10.1. The molecule has 0 saturated carbocycles. The first-order valence-corrected chi connectivity index (χ1v) is 6.04. The van der Waals surface area contributed by atoms with Crippen LogP contribution in [0.1, 0.15) is 16.7 Å². The molecule has 0 radical (unpaired) electrons. The number of alkyl halides is 3. The molecule has 0 aliphatic rings. The van der Waals surface area contributed by atoms with Crippen molar-refractivity contribution in [3.05, 3.63) is 65.2 Å². The van der Waals surface area contributed by atoms with Gasteiger partial charge in [0.1, 0.15) is 0 Å². The first-order chi connectivity index (χ1) is 8.95. The van der Waals surface area contributed by atoms with Crippen molar-refractivity contribution in [2.45, 2.75) is 11.1 Å². The SMILES string of the molecule is FC(F)(F)c1ccc(/C=C/c2ccc(S)cc2)cc1. The smallest absolute Gasteiger partial charge is 0.166 e. The topological polar surface area (TPSA) is 0 Å². The van der Waals surface area contributed by atoms with Gasteiger partial charge >= 0.3 is 6.18 Å². The Morgan fingerprint density at radius 1 is 0.737 bits per heavy atom.